The zero-order valence-corrected chi connectivity index (χ0v) is 23.0. The molecule has 3 heteroatoms. The Kier molecular flexibility index (Phi) is 7.00. The van der Waals surface area contributed by atoms with Crippen LogP contribution in [0.2, 0.25) is 0 Å². The van der Waals surface area contributed by atoms with E-state index in [1.165, 1.54) is 18.5 Å². The van der Waals surface area contributed by atoms with Crippen LogP contribution in [0.25, 0.3) is 33.6 Å². The molecule has 0 unspecified atom stereocenters. The van der Waals surface area contributed by atoms with Gasteiger partial charge in [0.15, 0.2) is 0 Å². The van der Waals surface area contributed by atoms with E-state index in [-0.39, 0.29) is 42.7 Å². The Balaban J connectivity index is 0.000000240. The first-order chi connectivity index (χ1) is 20.7. The van der Waals surface area contributed by atoms with Crippen LogP contribution in [0.1, 0.15) is 41.5 Å². The summed E-state index contributed by atoms with van der Waals surface area (Å²) in [5.41, 5.74) is 4.67. The minimum atomic E-state index is -2.40. The largest absolute Gasteiger partial charge is 0.304 e. The molecule has 0 saturated carbocycles. The van der Waals surface area contributed by atoms with Gasteiger partial charge >= 0.3 is 0 Å². The van der Waals surface area contributed by atoms with Gasteiger partial charge in [-0.3, -0.25) is 0 Å². The summed E-state index contributed by atoms with van der Waals surface area (Å²) in [6.45, 7) is -1.15. The van der Waals surface area contributed by atoms with Gasteiger partial charge in [-0.15, -0.1) is 71.8 Å². The zero-order valence-electron chi connectivity index (χ0n) is 28.6. The maximum absolute atomic E-state index is 8.19. The van der Waals surface area contributed by atoms with E-state index in [1.54, 1.807) is 26.0 Å². The van der Waals surface area contributed by atoms with Crippen molar-refractivity contribution in [2.24, 2.45) is 5.92 Å². The van der Waals surface area contributed by atoms with Crippen molar-refractivity contribution in [3.63, 3.8) is 0 Å². The number of hydrogen-bond acceptors (Lipinski definition) is 2. The third-order valence-corrected chi connectivity index (χ3v) is 5.31. The fraction of sp³-hybridized carbons (Fsp3) is 0.176. The Morgan fingerprint density at radius 3 is 1.92 bits per heavy atom. The molecule has 1 radical (unpaired) electrons. The normalized spacial score (nSPS) is 14.6. The maximum Gasteiger partial charge on any atom is 0.0319 e. The molecule has 5 aromatic rings. The summed E-state index contributed by atoms with van der Waals surface area (Å²) in [7, 11) is 0. The molecule has 0 spiro atoms. The molecular formula is C34H32IrN2-2. The fourth-order valence-corrected chi connectivity index (χ4v) is 3.59. The predicted octanol–water partition coefficient (Wildman–Crippen LogP) is 8.58. The molecule has 2 heterocycles. The zero-order chi connectivity index (χ0) is 32.1. The summed E-state index contributed by atoms with van der Waals surface area (Å²) >= 11 is 0. The number of aryl methyl sites for hydroxylation is 2. The Hall–Kier alpha value is -3.39. The van der Waals surface area contributed by atoms with Crippen molar-refractivity contribution >= 4 is 0 Å². The van der Waals surface area contributed by atoms with Crippen LogP contribution in [0.5, 0.6) is 0 Å². The van der Waals surface area contributed by atoms with Crippen molar-refractivity contribution in [3.8, 4) is 33.6 Å². The van der Waals surface area contributed by atoms with Gasteiger partial charge in [0.05, 0.1) is 0 Å². The van der Waals surface area contributed by atoms with E-state index in [0.29, 0.717) is 22.5 Å². The van der Waals surface area contributed by atoms with E-state index in [2.05, 4.69) is 22.1 Å². The summed E-state index contributed by atoms with van der Waals surface area (Å²) in [6.07, 6.45) is 1.04. The van der Waals surface area contributed by atoms with Gasteiger partial charge < -0.3 is 9.97 Å². The van der Waals surface area contributed by atoms with Crippen LogP contribution < -0.4 is 0 Å². The van der Waals surface area contributed by atoms with Gasteiger partial charge in [-0.2, -0.15) is 0 Å². The van der Waals surface area contributed by atoms with Crippen molar-refractivity contribution in [1.82, 2.24) is 9.97 Å². The van der Waals surface area contributed by atoms with Crippen molar-refractivity contribution in [3.05, 3.63) is 132 Å². The molecule has 0 amide bonds. The molecule has 2 nitrogen and oxygen atoms in total. The second kappa shape index (κ2) is 13.8. The SMILES string of the molecule is [2H]C([2H])([2H])c1cc(-c2[c-]cccc2)ncc1C([2H])([2H])C(C)C.[2H]C([2H])([2H])c1cnc(-c2[c-]cccc2)cc1-c1ccccc1.[Ir]. The first-order valence-electron chi connectivity index (χ1n) is 15.7. The monoisotopic (exact) mass is 669 g/mol. The number of nitrogens with zero attached hydrogens (tertiary/aromatic N) is 2. The van der Waals surface area contributed by atoms with Crippen LogP contribution in [0.4, 0.5) is 0 Å². The molecule has 0 fully saturated rings. The number of aromatic nitrogens is 2. The molecule has 3 aromatic carbocycles. The number of hydrogen-bond donors (Lipinski definition) is 0. The molecule has 0 aliphatic heterocycles. The molecule has 2 aromatic heterocycles. The van der Waals surface area contributed by atoms with Gasteiger partial charge in [-0.25, -0.2) is 0 Å². The topological polar surface area (TPSA) is 25.8 Å². The molecule has 0 aliphatic rings. The number of benzene rings is 3. The summed E-state index contributed by atoms with van der Waals surface area (Å²) in [4.78, 5) is 8.56. The van der Waals surface area contributed by atoms with Crippen molar-refractivity contribution in [2.75, 3.05) is 0 Å². The standard InChI is InChI=1S/C18H14N.C16H18N.Ir/c1-14-13-19-18(16-10-6-3-7-11-16)12-17(14)15-8-4-2-5-9-15;1-12(2)9-15-11-17-16(10-13(15)3)14-7-5-4-6-8-14;/h2-10,12-13H,1H3;4-7,10-12H,9H2,1-3H3;/q2*-1;/i1D3;3D3,9D2;. The molecular weight excluding hydrogens is 629 g/mol. The fourth-order valence-electron chi connectivity index (χ4n) is 3.59. The van der Waals surface area contributed by atoms with Gasteiger partial charge in [0.1, 0.15) is 0 Å². The molecule has 37 heavy (non-hydrogen) atoms. The van der Waals surface area contributed by atoms with Crippen LogP contribution in [-0.2, 0) is 26.5 Å². The van der Waals surface area contributed by atoms with Crippen LogP contribution >= 0.6 is 0 Å². The van der Waals surface area contributed by atoms with Gasteiger partial charge in [0, 0.05) is 43.5 Å². The molecule has 0 N–H and O–H groups in total. The van der Waals surface area contributed by atoms with Crippen molar-refractivity contribution in [1.29, 1.82) is 0 Å². The molecule has 189 valence electrons. The molecule has 0 aliphatic carbocycles. The molecule has 5 rings (SSSR count). The van der Waals surface area contributed by atoms with Crippen LogP contribution in [-0.4, -0.2) is 9.97 Å². The Bertz CT molecular complexity index is 1670. The first kappa shape index (κ1) is 18.8. The molecule has 0 saturated heterocycles. The molecule has 0 atom stereocenters. The summed E-state index contributed by atoms with van der Waals surface area (Å²) in [5, 5.41) is 0. The smallest absolute Gasteiger partial charge is 0.0319 e. The minimum absolute atomic E-state index is 0. The van der Waals surface area contributed by atoms with Gasteiger partial charge in [-0.1, -0.05) is 61.9 Å². The summed E-state index contributed by atoms with van der Waals surface area (Å²) in [6, 6.07) is 33.6. The Morgan fingerprint density at radius 1 is 0.757 bits per heavy atom. The number of rotatable bonds is 5. The van der Waals surface area contributed by atoms with Crippen molar-refractivity contribution in [2.45, 2.75) is 33.9 Å². The van der Waals surface area contributed by atoms with Gasteiger partial charge in [-0.05, 0) is 59.6 Å². The average Bonchev–Trinajstić information content (AvgIpc) is 3.01. The van der Waals surface area contributed by atoms with E-state index in [1.807, 2.05) is 72.8 Å². The van der Waals surface area contributed by atoms with Gasteiger partial charge in [0.25, 0.3) is 0 Å². The minimum Gasteiger partial charge on any atom is -0.304 e. The maximum atomic E-state index is 8.19. The van der Waals surface area contributed by atoms with E-state index >= 15 is 0 Å². The predicted molar refractivity (Wildman–Crippen MR) is 150 cm³/mol. The quantitative estimate of drug-likeness (QED) is 0.176. The van der Waals surface area contributed by atoms with E-state index in [0.717, 1.165) is 11.1 Å². The Morgan fingerprint density at radius 2 is 1.35 bits per heavy atom. The third kappa shape index (κ3) is 7.79. The first-order valence-corrected chi connectivity index (χ1v) is 11.7. The summed E-state index contributed by atoms with van der Waals surface area (Å²) < 4.78 is 62.7. The summed E-state index contributed by atoms with van der Waals surface area (Å²) in [5.74, 6) is -0.357. The average molecular weight is 669 g/mol. The van der Waals surface area contributed by atoms with E-state index in [4.69, 9.17) is 11.0 Å². The van der Waals surface area contributed by atoms with Crippen LogP contribution in [0.15, 0.2) is 103 Å². The van der Waals surface area contributed by atoms with E-state index in [9.17, 15) is 0 Å². The van der Waals surface area contributed by atoms with Crippen LogP contribution in [0.3, 0.4) is 0 Å². The van der Waals surface area contributed by atoms with Gasteiger partial charge in [0.2, 0.25) is 0 Å². The second-order valence-corrected chi connectivity index (χ2v) is 8.45. The van der Waals surface area contributed by atoms with E-state index < -0.39 is 20.1 Å². The number of pyridine rings is 2. The second-order valence-electron chi connectivity index (χ2n) is 8.45. The van der Waals surface area contributed by atoms with Crippen molar-refractivity contribution < 1.29 is 31.1 Å². The Labute approximate surface area is 246 Å². The van der Waals surface area contributed by atoms with Crippen LogP contribution in [0, 0.1) is 31.8 Å². The molecule has 0 bridgehead atoms. The third-order valence-electron chi connectivity index (χ3n) is 5.31.